The van der Waals surface area contributed by atoms with Crippen LogP contribution in [0.1, 0.15) is 44.6 Å². The number of carbonyl (C=O) groups is 4. The lowest BCUT2D eigenvalue weighted by atomic mass is 10.0. The standard InChI is InChI=1S/C37H62N4O14/c1-2-53-24-25-54-26-27-55-29-8-6-28(7-9-29)4-3-5-30(34(45)46)38-13-15-39(31(10-21-42)35(47)48)17-19-41(33(12-23-44)37(51)52)20-18-40(16-14-38)32(11-22-43)36(49)50/h6-9,30-33,42-44H,2-5,10-27H2,1H3,(H,45,46)(H,47,48)(H,49,50)(H,51,52). The molecule has 1 saturated heterocycles. The Morgan fingerprint density at radius 2 is 0.891 bits per heavy atom. The summed E-state index contributed by atoms with van der Waals surface area (Å²) >= 11 is 0. The van der Waals surface area contributed by atoms with Crippen LogP contribution in [0.4, 0.5) is 0 Å². The largest absolute Gasteiger partial charge is 0.491 e. The van der Waals surface area contributed by atoms with E-state index in [1.807, 2.05) is 31.2 Å². The van der Waals surface area contributed by atoms with Crippen molar-refractivity contribution in [2.45, 2.75) is 69.6 Å². The highest BCUT2D eigenvalue weighted by Gasteiger charge is 2.34. The van der Waals surface area contributed by atoms with E-state index in [0.29, 0.717) is 51.6 Å². The maximum atomic E-state index is 12.8. The lowest BCUT2D eigenvalue weighted by Gasteiger charge is -2.39. The van der Waals surface area contributed by atoms with Crippen molar-refractivity contribution in [1.82, 2.24) is 19.6 Å². The molecule has 1 heterocycles. The summed E-state index contributed by atoms with van der Waals surface area (Å²) in [6.45, 7) is 3.51. The number of benzene rings is 1. The Morgan fingerprint density at radius 3 is 1.24 bits per heavy atom. The maximum Gasteiger partial charge on any atom is 0.321 e. The highest BCUT2D eigenvalue weighted by atomic mass is 16.5. The summed E-state index contributed by atoms with van der Waals surface area (Å²) in [5, 5.41) is 69.7. The number of nitrogens with zero attached hydrogens (tertiary/aromatic N) is 4. The van der Waals surface area contributed by atoms with Crippen molar-refractivity contribution >= 4 is 23.9 Å². The van der Waals surface area contributed by atoms with Gasteiger partial charge in [-0.05, 0) is 63.1 Å². The van der Waals surface area contributed by atoms with E-state index in [4.69, 9.17) is 14.2 Å². The minimum Gasteiger partial charge on any atom is -0.491 e. The SMILES string of the molecule is CCOCCOCCOc1ccc(CCCC(C(=O)O)N2CCN(C(CCO)C(=O)O)CCN(C(CCO)C(=O)O)CCN(C(CCO)C(=O)O)CC2)cc1. The Bertz CT molecular complexity index is 1220. The normalized spacial score (nSPS) is 18.0. The third-order valence-electron chi connectivity index (χ3n) is 9.75. The van der Waals surface area contributed by atoms with Crippen molar-refractivity contribution in [2.24, 2.45) is 0 Å². The van der Waals surface area contributed by atoms with Crippen molar-refractivity contribution in [3.8, 4) is 5.75 Å². The average Bonchev–Trinajstić information content (AvgIpc) is 3.14. The van der Waals surface area contributed by atoms with Gasteiger partial charge in [0.1, 0.15) is 36.5 Å². The first-order valence-corrected chi connectivity index (χ1v) is 19.0. The second-order valence-electron chi connectivity index (χ2n) is 13.3. The van der Waals surface area contributed by atoms with E-state index >= 15 is 0 Å². The van der Waals surface area contributed by atoms with Crippen LogP contribution in [-0.4, -0.2) is 209 Å². The Kier molecular flexibility index (Phi) is 23.6. The molecule has 4 unspecified atom stereocenters. The number of aliphatic hydroxyl groups excluding tert-OH is 3. The first-order valence-electron chi connectivity index (χ1n) is 19.0. The number of carboxylic acids is 4. The lowest BCUT2D eigenvalue weighted by Crippen LogP contribution is -2.56. The molecule has 0 radical (unpaired) electrons. The molecule has 0 saturated carbocycles. The molecular weight excluding hydrogens is 724 g/mol. The van der Waals surface area contributed by atoms with Gasteiger partial charge >= 0.3 is 23.9 Å². The van der Waals surface area contributed by atoms with E-state index in [1.54, 1.807) is 19.6 Å². The molecule has 2 rings (SSSR count). The molecule has 18 nitrogen and oxygen atoms in total. The number of aliphatic hydroxyl groups is 3. The third-order valence-corrected chi connectivity index (χ3v) is 9.75. The number of aryl methyl sites for hydroxylation is 1. The molecule has 0 spiro atoms. The molecule has 0 amide bonds. The molecule has 18 heteroatoms. The van der Waals surface area contributed by atoms with Gasteiger partial charge in [0.05, 0.1) is 19.8 Å². The molecule has 0 aliphatic carbocycles. The van der Waals surface area contributed by atoms with E-state index in [9.17, 15) is 54.9 Å². The topological polar surface area (TPSA) is 251 Å². The molecule has 4 atom stereocenters. The van der Waals surface area contributed by atoms with Gasteiger partial charge in [-0.3, -0.25) is 38.8 Å². The van der Waals surface area contributed by atoms with E-state index in [1.165, 1.54) is 0 Å². The summed E-state index contributed by atoms with van der Waals surface area (Å²) in [7, 11) is 0. The molecule has 7 N–H and O–H groups in total. The number of aliphatic carboxylic acids is 4. The fraction of sp³-hybridized carbons (Fsp3) is 0.730. The minimum atomic E-state index is -1.20. The Balaban J connectivity index is 2.29. The van der Waals surface area contributed by atoms with Crippen LogP contribution in [0.3, 0.4) is 0 Å². The first-order chi connectivity index (χ1) is 26.5. The summed E-state index contributed by atoms with van der Waals surface area (Å²) in [6.07, 6.45) is 0.955. The number of carboxylic acid groups (broad SMARTS) is 4. The second-order valence-corrected chi connectivity index (χ2v) is 13.3. The highest BCUT2D eigenvalue weighted by molar-refractivity contribution is 5.75. The summed E-state index contributed by atoms with van der Waals surface area (Å²) in [5.74, 6) is -4.01. The number of rotatable bonds is 26. The van der Waals surface area contributed by atoms with Crippen LogP contribution in [0.2, 0.25) is 0 Å². The van der Waals surface area contributed by atoms with Gasteiger partial charge in [-0.25, -0.2) is 0 Å². The third kappa shape index (κ3) is 17.5. The van der Waals surface area contributed by atoms with E-state index in [0.717, 1.165) is 5.56 Å². The zero-order valence-corrected chi connectivity index (χ0v) is 32.0. The fourth-order valence-corrected chi connectivity index (χ4v) is 6.77. The van der Waals surface area contributed by atoms with Gasteiger partial charge in [0, 0.05) is 78.8 Å². The van der Waals surface area contributed by atoms with Gasteiger partial charge in [-0.2, -0.15) is 0 Å². The summed E-state index contributed by atoms with van der Waals surface area (Å²) in [5.41, 5.74) is 0.975. The summed E-state index contributed by atoms with van der Waals surface area (Å²) in [6, 6.07) is 3.06. The van der Waals surface area contributed by atoms with Crippen LogP contribution in [0, 0.1) is 0 Å². The highest BCUT2D eigenvalue weighted by Crippen LogP contribution is 2.18. The predicted octanol–water partition coefficient (Wildman–Crippen LogP) is -0.377. The maximum absolute atomic E-state index is 12.8. The van der Waals surface area contributed by atoms with Gasteiger partial charge in [-0.15, -0.1) is 0 Å². The number of hydrogen-bond donors (Lipinski definition) is 7. The van der Waals surface area contributed by atoms with Gasteiger partial charge in [0.15, 0.2) is 0 Å². The summed E-state index contributed by atoms with van der Waals surface area (Å²) < 4.78 is 16.4. The van der Waals surface area contributed by atoms with Crippen molar-refractivity contribution < 1.29 is 69.1 Å². The second kappa shape index (κ2) is 27.2. The molecular formula is C37H62N4O14. The van der Waals surface area contributed by atoms with Crippen molar-refractivity contribution in [3.63, 3.8) is 0 Å². The van der Waals surface area contributed by atoms with Crippen molar-refractivity contribution in [2.75, 3.05) is 105 Å². The van der Waals surface area contributed by atoms with Crippen LogP contribution < -0.4 is 4.74 Å². The molecule has 55 heavy (non-hydrogen) atoms. The molecule has 0 bridgehead atoms. The van der Waals surface area contributed by atoms with Gasteiger partial charge in [-0.1, -0.05) is 12.1 Å². The van der Waals surface area contributed by atoms with Crippen LogP contribution in [0.15, 0.2) is 24.3 Å². The Hall–Kier alpha value is -3.46. The predicted molar refractivity (Wildman–Crippen MR) is 199 cm³/mol. The zero-order chi connectivity index (χ0) is 40.6. The molecule has 314 valence electrons. The van der Waals surface area contributed by atoms with Crippen LogP contribution in [0.25, 0.3) is 0 Å². The Labute approximate surface area is 322 Å². The lowest BCUT2D eigenvalue weighted by molar-refractivity contribution is -0.148. The van der Waals surface area contributed by atoms with Crippen LogP contribution in [0.5, 0.6) is 5.75 Å². The Morgan fingerprint density at radius 1 is 0.545 bits per heavy atom. The molecule has 1 aliphatic rings. The number of ether oxygens (including phenoxy) is 3. The zero-order valence-electron chi connectivity index (χ0n) is 32.0. The van der Waals surface area contributed by atoms with Crippen LogP contribution >= 0.6 is 0 Å². The van der Waals surface area contributed by atoms with Crippen molar-refractivity contribution in [1.29, 1.82) is 0 Å². The van der Waals surface area contributed by atoms with E-state index in [2.05, 4.69) is 0 Å². The summed E-state index contributed by atoms with van der Waals surface area (Å²) in [4.78, 5) is 56.3. The van der Waals surface area contributed by atoms with Gasteiger partial charge in [0.25, 0.3) is 0 Å². The molecule has 1 fully saturated rings. The van der Waals surface area contributed by atoms with Gasteiger partial charge in [0.2, 0.25) is 0 Å². The van der Waals surface area contributed by atoms with Gasteiger partial charge < -0.3 is 50.0 Å². The fourth-order valence-electron chi connectivity index (χ4n) is 6.77. The smallest absolute Gasteiger partial charge is 0.321 e. The molecule has 1 aliphatic heterocycles. The minimum absolute atomic E-state index is 0.0339. The quantitative estimate of drug-likeness (QED) is 0.0592. The monoisotopic (exact) mass is 786 g/mol. The average molecular weight is 787 g/mol. The molecule has 1 aromatic rings. The first kappa shape index (κ1) is 47.7. The molecule has 1 aromatic carbocycles. The van der Waals surface area contributed by atoms with E-state index < -0.39 is 67.9 Å². The molecule has 0 aromatic heterocycles. The van der Waals surface area contributed by atoms with Crippen LogP contribution in [-0.2, 0) is 35.1 Å². The van der Waals surface area contributed by atoms with E-state index in [-0.39, 0.29) is 78.0 Å². The van der Waals surface area contributed by atoms with Crippen molar-refractivity contribution in [3.05, 3.63) is 29.8 Å². The number of hydrogen-bond acceptors (Lipinski definition) is 14.